The van der Waals surface area contributed by atoms with Gasteiger partial charge in [-0.15, -0.1) is 0 Å². The van der Waals surface area contributed by atoms with Crippen LogP contribution in [0.2, 0.25) is 5.02 Å². The summed E-state index contributed by atoms with van der Waals surface area (Å²) in [6, 6.07) is 8.76. The standard InChI is InChI=1S/C13H9BClF4O.K/c15-12-4-2-1-3-9(12)8-20-13-7-10(16)5-6-11(13)14(17,18)19;/h1-7H,8H2;/q-1;+1. The molecule has 0 aliphatic carbocycles. The van der Waals surface area contributed by atoms with E-state index in [0.29, 0.717) is 16.7 Å². The molecule has 0 aliphatic rings. The Bertz CT molecular complexity index is 621. The monoisotopic (exact) mass is 342 g/mol. The van der Waals surface area contributed by atoms with Gasteiger partial charge in [-0.05, 0) is 12.1 Å². The van der Waals surface area contributed by atoms with E-state index in [1.54, 1.807) is 24.3 Å². The molecule has 2 rings (SSSR count). The molecule has 2 aromatic rings. The van der Waals surface area contributed by atoms with Crippen molar-refractivity contribution in [3.63, 3.8) is 0 Å². The smallest absolute Gasteiger partial charge is 0.492 e. The molecule has 106 valence electrons. The number of hydrogen-bond donors (Lipinski definition) is 0. The molecule has 0 bridgehead atoms. The van der Waals surface area contributed by atoms with Crippen LogP contribution in [-0.4, -0.2) is 6.98 Å². The van der Waals surface area contributed by atoms with Crippen molar-refractivity contribution in [3.8, 4) is 5.75 Å². The molecule has 8 heteroatoms. The van der Waals surface area contributed by atoms with Crippen LogP contribution in [0, 0.1) is 5.82 Å². The fourth-order valence-corrected chi connectivity index (χ4v) is 1.86. The Balaban J connectivity index is 0.00000220. The normalized spacial score (nSPS) is 10.9. The summed E-state index contributed by atoms with van der Waals surface area (Å²) in [4.78, 5) is 0. The van der Waals surface area contributed by atoms with E-state index in [4.69, 9.17) is 16.3 Å². The van der Waals surface area contributed by atoms with Crippen LogP contribution in [0.4, 0.5) is 17.3 Å². The van der Waals surface area contributed by atoms with E-state index < -0.39 is 24.0 Å². The van der Waals surface area contributed by atoms with E-state index in [0.717, 1.165) is 12.1 Å². The van der Waals surface area contributed by atoms with Crippen LogP contribution in [0.1, 0.15) is 5.56 Å². The van der Waals surface area contributed by atoms with Gasteiger partial charge in [0.2, 0.25) is 0 Å². The molecule has 0 unspecified atom stereocenters. The van der Waals surface area contributed by atoms with Gasteiger partial charge in [0, 0.05) is 16.7 Å². The van der Waals surface area contributed by atoms with Gasteiger partial charge in [-0.25, -0.2) is 4.39 Å². The Morgan fingerprint density at radius 1 is 1.05 bits per heavy atom. The van der Waals surface area contributed by atoms with Crippen LogP contribution >= 0.6 is 11.6 Å². The molecular formula is C13H9BClF4KO. The number of rotatable bonds is 4. The van der Waals surface area contributed by atoms with E-state index in [1.165, 1.54) is 0 Å². The molecule has 0 heterocycles. The van der Waals surface area contributed by atoms with E-state index in [2.05, 4.69) is 0 Å². The van der Waals surface area contributed by atoms with Crippen LogP contribution in [0.5, 0.6) is 5.75 Å². The second-order valence-electron chi connectivity index (χ2n) is 4.14. The number of benzene rings is 2. The Hall–Kier alpha value is -0.0487. The molecule has 0 spiro atoms. The zero-order valence-electron chi connectivity index (χ0n) is 11.1. The molecule has 21 heavy (non-hydrogen) atoms. The van der Waals surface area contributed by atoms with Gasteiger partial charge in [0.15, 0.2) is 0 Å². The fraction of sp³-hybridized carbons (Fsp3) is 0.0769. The molecule has 0 atom stereocenters. The number of halogens is 5. The van der Waals surface area contributed by atoms with Crippen molar-refractivity contribution in [2.45, 2.75) is 6.61 Å². The SMILES string of the molecule is Fc1ccc([B-](F)(F)F)c(OCc2ccccc2Cl)c1.[K+]. The predicted octanol–water partition coefficient (Wildman–Crippen LogP) is 1.12. The summed E-state index contributed by atoms with van der Waals surface area (Å²) in [7, 11) is 0. The van der Waals surface area contributed by atoms with Crippen molar-refractivity contribution >= 4 is 24.0 Å². The third-order valence-corrected chi connectivity index (χ3v) is 3.04. The van der Waals surface area contributed by atoms with Crippen LogP contribution in [0.3, 0.4) is 0 Å². The van der Waals surface area contributed by atoms with Crippen LogP contribution in [-0.2, 0) is 6.61 Å². The van der Waals surface area contributed by atoms with Crippen molar-refractivity contribution < 1.29 is 73.5 Å². The first kappa shape index (κ1) is 19.0. The first-order valence-corrected chi connectivity index (χ1v) is 6.11. The maximum atomic E-state index is 13.1. The Morgan fingerprint density at radius 3 is 2.33 bits per heavy atom. The van der Waals surface area contributed by atoms with Gasteiger partial charge in [-0.3, -0.25) is 0 Å². The van der Waals surface area contributed by atoms with Gasteiger partial charge >= 0.3 is 58.4 Å². The molecule has 0 aliphatic heterocycles. The molecule has 0 saturated carbocycles. The van der Waals surface area contributed by atoms with Gasteiger partial charge in [-0.1, -0.05) is 41.3 Å². The van der Waals surface area contributed by atoms with Crippen molar-refractivity contribution in [1.82, 2.24) is 0 Å². The second-order valence-corrected chi connectivity index (χ2v) is 4.54. The first-order valence-electron chi connectivity index (χ1n) is 5.73. The van der Waals surface area contributed by atoms with Gasteiger partial charge in [0.1, 0.15) is 12.4 Å². The summed E-state index contributed by atoms with van der Waals surface area (Å²) in [5.74, 6) is -1.32. The second kappa shape index (κ2) is 7.99. The molecule has 0 aromatic heterocycles. The van der Waals surface area contributed by atoms with Crippen LogP contribution in [0.15, 0.2) is 42.5 Å². The molecular weight excluding hydrogens is 333 g/mol. The third-order valence-electron chi connectivity index (χ3n) is 2.67. The average molecular weight is 343 g/mol. The van der Waals surface area contributed by atoms with Gasteiger partial charge in [0.25, 0.3) is 0 Å². The predicted molar refractivity (Wildman–Crippen MR) is 70.9 cm³/mol. The summed E-state index contributed by atoms with van der Waals surface area (Å²) in [6.07, 6.45) is 0. The minimum absolute atomic E-state index is 0. The summed E-state index contributed by atoms with van der Waals surface area (Å²) < 4.78 is 56.6. The van der Waals surface area contributed by atoms with Gasteiger partial charge in [0.05, 0.1) is 5.75 Å². The van der Waals surface area contributed by atoms with Crippen LogP contribution < -0.4 is 61.6 Å². The Morgan fingerprint density at radius 2 is 1.71 bits per heavy atom. The minimum atomic E-state index is -5.27. The van der Waals surface area contributed by atoms with E-state index >= 15 is 0 Å². The first-order chi connectivity index (χ1) is 9.38. The zero-order chi connectivity index (χ0) is 14.8. The number of hydrogen-bond acceptors (Lipinski definition) is 1. The van der Waals surface area contributed by atoms with E-state index in [-0.39, 0.29) is 58.0 Å². The molecule has 0 N–H and O–H groups in total. The van der Waals surface area contributed by atoms with Gasteiger partial charge in [-0.2, -0.15) is 0 Å². The summed E-state index contributed by atoms with van der Waals surface area (Å²) in [5, 5.41) is 0.378. The molecule has 1 nitrogen and oxygen atoms in total. The molecule has 0 radical (unpaired) electrons. The van der Waals surface area contributed by atoms with E-state index in [9.17, 15) is 17.3 Å². The fourth-order valence-electron chi connectivity index (χ4n) is 1.67. The molecule has 0 fully saturated rings. The Labute approximate surface area is 167 Å². The van der Waals surface area contributed by atoms with Crippen molar-refractivity contribution in [1.29, 1.82) is 0 Å². The van der Waals surface area contributed by atoms with Crippen molar-refractivity contribution in [2.75, 3.05) is 0 Å². The maximum Gasteiger partial charge on any atom is 1.00 e. The van der Waals surface area contributed by atoms with E-state index in [1.807, 2.05) is 0 Å². The average Bonchev–Trinajstić information content (AvgIpc) is 2.36. The minimum Gasteiger partial charge on any atom is -0.492 e. The summed E-state index contributed by atoms with van der Waals surface area (Å²) >= 11 is 5.88. The van der Waals surface area contributed by atoms with Crippen molar-refractivity contribution in [2.24, 2.45) is 0 Å². The Kier molecular flexibility index (Phi) is 7.23. The summed E-state index contributed by atoms with van der Waals surface area (Å²) in [5.41, 5.74) is -0.433. The summed E-state index contributed by atoms with van der Waals surface area (Å²) in [6.45, 7) is -5.43. The molecule has 0 amide bonds. The maximum absolute atomic E-state index is 13.1. The largest absolute Gasteiger partial charge is 1.00 e. The topological polar surface area (TPSA) is 9.23 Å². The molecule has 2 aromatic carbocycles. The third kappa shape index (κ3) is 5.26. The zero-order valence-corrected chi connectivity index (χ0v) is 15.0. The van der Waals surface area contributed by atoms with Crippen LogP contribution in [0.25, 0.3) is 0 Å². The number of ether oxygens (including phenoxy) is 1. The molecule has 0 saturated heterocycles. The van der Waals surface area contributed by atoms with Crippen molar-refractivity contribution in [3.05, 3.63) is 58.9 Å². The van der Waals surface area contributed by atoms with Gasteiger partial charge < -0.3 is 17.7 Å². The quantitative estimate of drug-likeness (QED) is 0.598.